The summed E-state index contributed by atoms with van der Waals surface area (Å²) in [6, 6.07) is 8.85. The summed E-state index contributed by atoms with van der Waals surface area (Å²) in [7, 11) is 0.472. The average Bonchev–Trinajstić information content (AvgIpc) is 3.22. The average molecular weight is 520 g/mol. The molecule has 2 unspecified atom stereocenters. The largest absolute Gasteiger partial charge is 0.494 e. The van der Waals surface area contributed by atoms with Crippen LogP contribution in [0.1, 0.15) is 44.0 Å². The second-order valence-electron chi connectivity index (χ2n) is 8.44. The third-order valence-corrected chi connectivity index (χ3v) is 7.12. The van der Waals surface area contributed by atoms with Crippen LogP contribution in [0.5, 0.6) is 11.5 Å². The summed E-state index contributed by atoms with van der Waals surface area (Å²) in [5.41, 5.74) is 1.90. The molecule has 0 aliphatic rings. The van der Waals surface area contributed by atoms with E-state index in [0.29, 0.717) is 28.7 Å². The number of benzene rings is 1. The van der Waals surface area contributed by atoms with Crippen LogP contribution in [0, 0.1) is 6.92 Å². The van der Waals surface area contributed by atoms with Crippen molar-refractivity contribution < 1.29 is 27.4 Å². The summed E-state index contributed by atoms with van der Waals surface area (Å²) in [6.07, 6.45) is 0.629. The van der Waals surface area contributed by atoms with E-state index in [1.54, 1.807) is 37.4 Å². The predicted octanol–water partition coefficient (Wildman–Crippen LogP) is 3.43. The third kappa shape index (κ3) is 5.94. The van der Waals surface area contributed by atoms with E-state index < -0.39 is 21.4 Å². The van der Waals surface area contributed by atoms with Crippen molar-refractivity contribution in [3.05, 3.63) is 53.6 Å². The zero-order valence-corrected chi connectivity index (χ0v) is 22.4. The van der Waals surface area contributed by atoms with Crippen LogP contribution in [0.4, 0.5) is 5.95 Å². The van der Waals surface area contributed by atoms with Gasteiger partial charge in [0.1, 0.15) is 35.1 Å². The van der Waals surface area contributed by atoms with E-state index in [4.69, 9.17) is 18.9 Å². The number of pyridine rings is 1. The van der Waals surface area contributed by atoms with Crippen LogP contribution in [-0.4, -0.2) is 60.8 Å². The summed E-state index contributed by atoms with van der Waals surface area (Å²) >= 11 is 0. The lowest BCUT2D eigenvalue weighted by atomic mass is 10.1. The fourth-order valence-electron chi connectivity index (χ4n) is 3.64. The summed E-state index contributed by atoms with van der Waals surface area (Å²) in [5.74, 6) is 1.17. The minimum absolute atomic E-state index is 0.0446. The Morgan fingerprint density at radius 2 is 1.67 bits per heavy atom. The fourth-order valence-corrected chi connectivity index (χ4v) is 4.74. The van der Waals surface area contributed by atoms with Crippen molar-refractivity contribution in [2.24, 2.45) is 0 Å². The van der Waals surface area contributed by atoms with Crippen LogP contribution in [0.25, 0.3) is 5.69 Å². The summed E-state index contributed by atoms with van der Waals surface area (Å²) in [5, 5.41) is 7.23. The van der Waals surface area contributed by atoms with E-state index in [2.05, 4.69) is 19.9 Å². The Morgan fingerprint density at radius 1 is 1.00 bits per heavy atom. The fraction of sp³-hybridized carbons (Fsp3) is 0.458. The maximum absolute atomic E-state index is 13.6. The predicted molar refractivity (Wildman–Crippen MR) is 135 cm³/mol. The Hall–Kier alpha value is -3.22. The molecule has 3 rings (SSSR count). The molecule has 0 aliphatic carbocycles. The number of nitrogens with one attached hydrogen (secondary N) is 1. The number of anilines is 1. The summed E-state index contributed by atoms with van der Waals surface area (Å²) in [6.45, 7) is 7.23. The first-order valence-electron chi connectivity index (χ1n) is 11.4. The molecule has 11 nitrogen and oxygen atoms in total. The Bertz CT molecular complexity index is 1240. The number of hydrogen-bond acceptors (Lipinski definition) is 9. The normalized spacial score (nSPS) is 13.4. The standard InChI is InChI=1S/C24H33N5O6S/c1-15(2)35-23(18-12-11-16(3)13-25-18)17(4)36(30,31)28-24-27-26-21(14-32-5)29(24)22-19(33-6)9-8-10-20(22)34-7/h8-13,15,17,23H,14H2,1-7H3,(H,27,28). The van der Waals surface area contributed by atoms with E-state index in [9.17, 15) is 8.42 Å². The molecule has 0 aliphatic heterocycles. The van der Waals surface area contributed by atoms with Gasteiger partial charge >= 0.3 is 0 Å². The number of sulfonamides is 1. The molecular weight excluding hydrogens is 486 g/mol. The molecule has 0 bridgehead atoms. The van der Waals surface area contributed by atoms with Crippen LogP contribution in [0.3, 0.4) is 0 Å². The molecule has 36 heavy (non-hydrogen) atoms. The van der Waals surface area contributed by atoms with Gasteiger partial charge in [0.05, 0.1) is 26.0 Å². The van der Waals surface area contributed by atoms with Crippen molar-refractivity contribution in [1.29, 1.82) is 0 Å². The third-order valence-electron chi connectivity index (χ3n) is 5.42. The summed E-state index contributed by atoms with van der Waals surface area (Å²) in [4.78, 5) is 4.41. The SMILES string of the molecule is COCc1nnc(NS(=O)(=O)C(C)C(OC(C)C)c2ccc(C)cn2)n1-c1c(OC)cccc1OC. The van der Waals surface area contributed by atoms with Crippen molar-refractivity contribution in [2.75, 3.05) is 26.1 Å². The van der Waals surface area contributed by atoms with E-state index >= 15 is 0 Å². The molecule has 0 spiro atoms. The van der Waals surface area contributed by atoms with Gasteiger partial charge < -0.3 is 18.9 Å². The molecule has 3 aromatic rings. The first-order valence-corrected chi connectivity index (χ1v) is 12.9. The highest BCUT2D eigenvalue weighted by Gasteiger charge is 2.35. The maximum atomic E-state index is 13.6. The highest BCUT2D eigenvalue weighted by molar-refractivity contribution is 7.93. The second kappa shape index (κ2) is 11.7. The van der Waals surface area contributed by atoms with Crippen LogP contribution in [0.15, 0.2) is 36.5 Å². The molecule has 1 aromatic carbocycles. The van der Waals surface area contributed by atoms with Crippen molar-refractivity contribution >= 4 is 16.0 Å². The molecule has 2 atom stereocenters. The number of methoxy groups -OCH3 is 3. The van der Waals surface area contributed by atoms with Crippen molar-refractivity contribution in [2.45, 2.75) is 51.8 Å². The number of aromatic nitrogens is 4. The van der Waals surface area contributed by atoms with Gasteiger partial charge in [0, 0.05) is 13.3 Å². The van der Waals surface area contributed by atoms with Crippen molar-refractivity contribution in [3.63, 3.8) is 0 Å². The Kier molecular flexibility index (Phi) is 8.88. The maximum Gasteiger partial charge on any atom is 0.243 e. The lowest BCUT2D eigenvalue weighted by Gasteiger charge is -2.26. The smallest absolute Gasteiger partial charge is 0.243 e. The van der Waals surface area contributed by atoms with Crippen LogP contribution < -0.4 is 14.2 Å². The molecule has 2 heterocycles. The van der Waals surface area contributed by atoms with Gasteiger partial charge in [-0.2, -0.15) is 0 Å². The van der Waals surface area contributed by atoms with Gasteiger partial charge in [-0.3, -0.25) is 14.3 Å². The van der Waals surface area contributed by atoms with Crippen molar-refractivity contribution in [1.82, 2.24) is 19.7 Å². The molecule has 0 radical (unpaired) electrons. The lowest BCUT2D eigenvalue weighted by Crippen LogP contribution is -2.34. The van der Waals surface area contributed by atoms with Crippen LogP contribution in [0.2, 0.25) is 0 Å². The first-order chi connectivity index (χ1) is 17.1. The molecule has 0 fully saturated rings. The Labute approximate surface area is 211 Å². The molecule has 0 saturated carbocycles. The Balaban J connectivity index is 2.07. The van der Waals surface area contributed by atoms with Gasteiger partial charge in [0.2, 0.25) is 16.0 Å². The molecule has 12 heteroatoms. The number of rotatable bonds is 12. The van der Waals surface area contributed by atoms with Gasteiger partial charge in [0.15, 0.2) is 5.82 Å². The zero-order chi connectivity index (χ0) is 26.5. The minimum atomic E-state index is -4.05. The number of aryl methyl sites for hydroxylation is 1. The highest BCUT2D eigenvalue weighted by Crippen LogP contribution is 2.36. The molecule has 2 aromatic heterocycles. The summed E-state index contributed by atoms with van der Waals surface area (Å²) < 4.78 is 53.7. The topological polar surface area (TPSA) is 127 Å². The van der Waals surface area contributed by atoms with Crippen LogP contribution >= 0.6 is 0 Å². The molecule has 1 N–H and O–H groups in total. The number of hydrogen-bond donors (Lipinski definition) is 1. The lowest BCUT2D eigenvalue weighted by molar-refractivity contribution is 0.00416. The number of nitrogens with zero attached hydrogens (tertiary/aromatic N) is 4. The number of ether oxygens (including phenoxy) is 4. The minimum Gasteiger partial charge on any atom is -0.494 e. The molecule has 0 saturated heterocycles. The highest BCUT2D eigenvalue weighted by atomic mass is 32.2. The van der Waals surface area contributed by atoms with Gasteiger partial charge in [-0.15, -0.1) is 10.2 Å². The molecule has 0 amide bonds. The van der Waals surface area contributed by atoms with E-state index in [0.717, 1.165) is 5.56 Å². The second-order valence-corrected chi connectivity index (χ2v) is 10.5. The number of para-hydroxylation sites is 1. The van der Waals surface area contributed by atoms with E-state index in [1.807, 2.05) is 26.8 Å². The Morgan fingerprint density at radius 3 is 2.19 bits per heavy atom. The molecule has 196 valence electrons. The van der Waals surface area contributed by atoms with Gasteiger partial charge in [0.25, 0.3) is 0 Å². The van der Waals surface area contributed by atoms with E-state index in [1.165, 1.54) is 25.9 Å². The van der Waals surface area contributed by atoms with E-state index in [-0.39, 0.29) is 18.7 Å². The van der Waals surface area contributed by atoms with Crippen LogP contribution in [-0.2, 0) is 26.1 Å². The van der Waals surface area contributed by atoms with Crippen molar-refractivity contribution in [3.8, 4) is 17.2 Å². The quantitative estimate of drug-likeness (QED) is 0.383. The van der Waals surface area contributed by atoms with Gasteiger partial charge in [-0.05, 0) is 51.5 Å². The van der Waals surface area contributed by atoms with Gasteiger partial charge in [-0.1, -0.05) is 12.1 Å². The monoisotopic (exact) mass is 519 g/mol. The molecular formula is C24H33N5O6S. The first kappa shape index (κ1) is 27.4. The zero-order valence-electron chi connectivity index (χ0n) is 21.5. The van der Waals surface area contributed by atoms with Gasteiger partial charge in [-0.25, -0.2) is 8.42 Å².